The number of aryl methyl sites for hydroxylation is 2. The number of hydrogen-bond donors (Lipinski definition) is 1. The third kappa shape index (κ3) is 2.86. The zero-order valence-electron chi connectivity index (χ0n) is 15.1. The van der Waals surface area contributed by atoms with E-state index in [9.17, 15) is 9.90 Å². The number of carbonyl (C=O) groups is 1. The van der Waals surface area contributed by atoms with Gasteiger partial charge in [0.05, 0.1) is 16.8 Å². The Morgan fingerprint density at radius 3 is 2.50 bits per heavy atom. The van der Waals surface area contributed by atoms with Crippen molar-refractivity contribution in [3.8, 4) is 11.3 Å². The lowest BCUT2D eigenvalue weighted by molar-refractivity contribution is 0.0364. The van der Waals surface area contributed by atoms with Crippen molar-refractivity contribution in [2.24, 2.45) is 5.92 Å². The summed E-state index contributed by atoms with van der Waals surface area (Å²) in [5.74, 6) is 0.215. The largest absolute Gasteiger partial charge is 0.396 e. The molecule has 2 heterocycles. The Kier molecular flexibility index (Phi) is 4.21. The van der Waals surface area contributed by atoms with E-state index in [4.69, 9.17) is 4.98 Å². The van der Waals surface area contributed by atoms with Gasteiger partial charge < -0.3 is 10.0 Å². The third-order valence-corrected chi connectivity index (χ3v) is 5.23. The molecule has 1 aliphatic rings. The minimum Gasteiger partial charge on any atom is -0.396 e. The van der Waals surface area contributed by atoms with Crippen molar-refractivity contribution in [3.05, 3.63) is 65.2 Å². The van der Waals surface area contributed by atoms with E-state index in [1.807, 2.05) is 36.4 Å². The highest BCUT2D eigenvalue weighted by Gasteiger charge is 2.31. The fourth-order valence-corrected chi connectivity index (χ4v) is 3.44. The van der Waals surface area contributed by atoms with Gasteiger partial charge in [-0.15, -0.1) is 0 Å². The number of rotatable bonds is 3. The van der Waals surface area contributed by atoms with Crippen LogP contribution in [0.15, 0.2) is 48.5 Å². The van der Waals surface area contributed by atoms with Crippen molar-refractivity contribution in [3.63, 3.8) is 0 Å². The number of aliphatic hydroxyl groups is 1. The van der Waals surface area contributed by atoms with Gasteiger partial charge in [0.1, 0.15) is 0 Å². The van der Waals surface area contributed by atoms with E-state index < -0.39 is 0 Å². The van der Waals surface area contributed by atoms with Crippen molar-refractivity contribution in [2.45, 2.75) is 13.8 Å². The van der Waals surface area contributed by atoms with Gasteiger partial charge >= 0.3 is 0 Å². The van der Waals surface area contributed by atoms with Crippen LogP contribution < -0.4 is 0 Å². The number of hydrogen-bond acceptors (Lipinski definition) is 3. The Bertz CT molecular complexity index is 976. The Morgan fingerprint density at radius 1 is 1.12 bits per heavy atom. The Balaban J connectivity index is 1.86. The van der Waals surface area contributed by atoms with E-state index in [2.05, 4.69) is 26.0 Å². The van der Waals surface area contributed by atoms with Gasteiger partial charge in [-0.3, -0.25) is 4.79 Å². The molecule has 0 radical (unpaired) electrons. The maximum absolute atomic E-state index is 13.1. The van der Waals surface area contributed by atoms with E-state index in [0.29, 0.717) is 18.7 Å². The zero-order valence-corrected chi connectivity index (χ0v) is 15.1. The number of nitrogens with zero attached hydrogens (tertiary/aromatic N) is 2. The second kappa shape index (κ2) is 6.54. The summed E-state index contributed by atoms with van der Waals surface area (Å²) in [6, 6.07) is 16.0. The lowest BCUT2D eigenvalue weighted by Gasteiger charge is -2.38. The molecule has 26 heavy (non-hydrogen) atoms. The van der Waals surface area contributed by atoms with Gasteiger partial charge in [0.25, 0.3) is 5.91 Å². The average Bonchev–Trinajstić information content (AvgIpc) is 2.61. The number of benzene rings is 2. The zero-order chi connectivity index (χ0) is 18.3. The number of likely N-dealkylation sites (tertiary alicyclic amines) is 1. The molecule has 0 aliphatic carbocycles. The molecule has 1 N–H and O–H groups in total. The minimum absolute atomic E-state index is 0.0162. The molecule has 1 fully saturated rings. The van der Waals surface area contributed by atoms with Gasteiger partial charge in [-0.2, -0.15) is 0 Å². The minimum atomic E-state index is 0.0162. The maximum atomic E-state index is 13.1. The standard InChI is InChI=1S/C22H22N2O2/c1-14-8-18-19(22(26)24-11-16(12-24)13-25)10-20(17-6-4-3-5-7-17)23-21(18)9-15(14)2/h3-10,16,25H,11-13H2,1-2H3. The summed E-state index contributed by atoms with van der Waals surface area (Å²) in [6.07, 6.45) is 0. The Hall–Kier alpha value is -2.72. The lowest BCUT2D eigenvalue weighted by atomic mass is 9.96. The van der Waals surface area contributed by atoms with Crippen LogP contribution in [-0.4, -0.2) is 40.6 Å². The monoisotopic (exact) mass is 346 g/mol. The highest BCUT2D eigenvalue weighted by molar-refractivity contribution is 6.07. The first kappa shape index (κ1) is 16.7. The van der Waals surface area contributed by atoms with Crippen molar-refractivity contribution >= 4 is 16.8 Å². The van der Waals surface area contributed by atoms with Crippen LogP contribution in [0.2, 0.25) is 0 Å². The van der Waals surface area contributed by atoms with E-state index >= 15 is 0 Å². The van der Waals surface area contributed by atoms with Crippen LogP contribution in [0.1, 0.15) is 21.5 Å². The van der Waals surface area contributed by atoms with Crippen LogP contribution in [0, 0.1) is 19.8 Å². The van der Waals surface area contributed by atoms with Crippen molar-refractivity contribution in [1.82, 2.24) is 9.88 Å². The molecule has 0 saturated carbocycles. The maximum Gasteiger partial charge on any atom is 0.254 e. The molecular weight excluding hydrogens is 324 g/mol. The van der Waals surface area contributed by atoms with Crippen LogP contribution in [0.25, 0.3) is 22.2 Å². The molecule has 1 amide bonds. The molecule has 0 unspecified atom stereocenters. The number of aliphatic hydroxyl groups excluding tert-OH is 1. The van der Waals surface area contributed by atoms with Crippen LogP contribution in [0.3, 0.4) is 0 Å². The van der Waals surface area contributed by atoms with Gasteiger partial charge in [0.15, 0.2) is 0 Å². The fraction of sp³-hybridized carbons (Fsp3) is 0.273. The molecule has 1 saturated heterocycles. The highest BCUT2D eigenvalue weighted by atomic mass is 16.3. The number of aromatic nitrogens is 1. The number of fused-ring (bicyclic) bond motifs is 1. The molecular formula is C22H22N2O2. The second-order valence-corrected chi connectivity index (χ2v) is 7.13. The van der Waals surface area contributed by atoms with E-state index in [1.54, 1.807) is 4.90 Å². The molecule has 0 atom stereocenters. The highest BCUT2D eigenvalue weighted by Crippen LogP contribution is 2.29. The van der Waals surface area contributed by atoms with Crippen molar-refractivity contribution < 1.29 is 9.90 Å². The van der Waals surface area contributed by atoms with Gasteiger partial charge in [-0.1, -0.05) is 30.3 Å². The van der Waals surface area contributed by atoms with Gasteiger partial charge in [-0.05, 0) is 43.2 Å². The first-order valence-electron chi connectivity index (χ1n) is 8.94. The summed E-state index contributed by atoms with van der Waals surface area (Å²) in [5, 5.41) is 10.1. The van der Waals surface area contributed by atoms with Crippen LogP contribution in [0.5, 0.6) is 0 Å². The average molecular weight is 346 g/mol. The van der Waals surface area contributed by atoms with E-state index in [1.165, 1.54) is 0 Å². The summed E-state index contributed by atoms with van der Waals surface area (Å²) in [6.45, 7) is 5.48. The van der Waals surface area contributed by atoms with E-state index in [0.717, 1.165) is 33.3 Å². The summed E-state index contributed by atoms with van der Waals surface area (Å²) in [7, 11) is 0. The Labute approximate surface area is 153 Å². The molecule has 4 nitrogen and oxygen atoms in total. The lowest BCUT2D eigenvalue weighted by Crippen LogP contribution is -2.51. The first-order chi connectivity index (χ1) is 12.6. The van der Waals surface area contributed by atoms with Gasteiger partial charge in [0.2, 0.25) is 0 Å². The van der Waals surface area contributed by atoms with E-state index in [-0.39, 0.29) is 18.4 Å². The first-order valence-corrected chi connectivity index (χ1v) is 8.94. The predicted octanol–water partition coefficient (Wildman–Crippen LogP) is 3.58. The third-order valence-electron chi connectivity index (χ3n) is 5.23. The summed E-state index contributed by atoms with van der Waals surface area (Å²) >= 11 is 0. The summed E-state index contributed by atoms with van der Waals surface area (Å²) in [4.78, 5) is 19.7. The second-order valence-electron chi connectivity index (χ2n) is 7.13. The molecule has 4 rings (SSSR count). The topological polar surface area (TPSA) is 53.4 Å². The fourth-order valence-electron chi connectivity index (χ4n) is 3.44. The molecule has 3 aromatic rings. The summed E-state index contributed by atoms with van der Waals surface area (Å²) in [5.41, 5.74) is 5.66. The normalized spacial score (nSPS) is 14.5. The van der Waals surface area contributed by atoms with Crippen LogP contribution >= 0.6 is 0 Å². The van der Waals surface area contributed by atoms with Crippen molar-refractivity contribution in [2.75, 3.05) is 19.7 Å². The van der Waals surface area contributed by atoms with Crippen LogP contribution in [-0.2, 0) is 0 Å². The van der Waals surface area contributed by atoms with Gasteiger partial charge in [0, 0.05) is 36.6 Å². The number of carbonyl (C=O) groups excluding carboxylic acids is 1. The quantitative estimate of drug-likeness (QED) is 0.789. The molecule has 1 aromatic heterocycles. The smallest absolute Gasteiger partial charge is 0.254 e. The molecule has 132 valence electrons. The molecule has 2 aromatic carbocycles. The molecule has 4 heteroatoms. The molecule has 0 spiro atoms. The van der Waals surface area contributed by atoms with Crippen molar-refractivity contribution in [1.29, 1.82) is 0 Å². The number of amides is 1. The van der Waals surface area contributed by atoms with Crippen LogP contribution in [0.4, 0.5) is 0 Å². The Morgan fingerprint density at radius 2 is 1.81 bits per heavy atom. The SMILES string of the molecule is Cc1cc2nc(-c3ccccc3)cc(C(=O)N3CC(CO)C3)c2cc1C. The summed E-state index contributed by atoms with van der Waals surface area (Å²) < 4.78 is 0. The molecule has 0 bridgehead atoms. The van der Waals surface area contributed by atoms with Gasteiger partial charge in [-0.25, -0.2) is 4.98 Å². The predicted molar refractivity (Wildman–Crippen MR) is 103 cm³/mol. The molecule has 1 aliphatic heterocycles. The number of pyridine rings is 1.